The van der Waals surface area contributed by atoms with Gasteiger partial charge in [-0.2, -0.15) is 0 Å². The van der Waals surface area contributed by atoms with E-state index in [0.29, 0.717) is 6.42 Å². The van der Waals surface area contributed by atoms with Crippen LogP contribution in [-0.4, -0.2) is 49.8 Å². The second kappa shape index (κ2) is 8.22. The van der Waals surface area contributed by atoms with Crippen LogP contribution in [0.2, 0.25) is 0 Å². The zero-order valence-electron chi connectivity index (χ0n) is 12.7. The van der Waals surface area contributed by atoms with E-state index in [9.17, 15) is 4.39 Å². The van der Waals surface area contributed by atoms with Crippen molar-refractivity contribution in [1.29, 1.82) is 0 Å². The van der Waals surface area contributed by atoms with E-state index in [0.717, 1.165) is 42.8 Å². The minimum atomic E-state index is -0.149. The molecule has 0 spiro atoms. The van der Waals surface area contributed by atoms with Crippen molar-refractivity contribution < 1.29 is 9.13 Å². The number of morpholine rings is 1. The van der Waals surface area contributed by atoms with Crippen molar-refractivity contribution in [3.8, 4) is 0 Å². The van der Waals surface area contributed by atoms with E-state index >= 15 is 0 Å². The molecule has 0 saturated carbocycles. The van der Waals surface area contributed by atoms with Gasteiger partial charge in [-0.25, -0.2) is 4.39 Å². The van der Waals surface area contributed by atoms with Gasteiger partial charge in [0.2, 0.25) is 0 Å². The Bertz CT molecular complexity index is 458. The Balaban J connectivity index is 2.09. The first kappa shape index (κ1) is 16.9. The van der Waals surface area contributed by atoms with Crippen LogP contribution in [0, 0.1) is 5.82 Å². The monoisotopic (exact) mass is 358 g/mol. The van der Waals surface area contributed by atoms with Gasteiger partial charge in [0.25, 0.3) is 0 Å². The molecule has 2 atom stereocenters. The summed E-state index contributed by atoms with van der Waals surface area (Å²) >= 11 is 3.42. The maximum absolute atomic E-state index is 14.0. The molecule has 0 aromatic heterocycles. The minimum Gasteiger partial charge on any atom is -0.374 e. The lowest BCUT2D eigenvalue weighted by atomic mass is 9.99. The van der Waals surface area contributed by atoms with Crippen LogP contribution in [0.4, 0.5) is 4.39 Å². The maximum atomic E-state index is 14.0. The number of nitrogens with one attached hydrogen (secondary N) is 1. The molecule has 1 aromatic rings. The summed E-state index contributed by atoms with van der Waals surface area (Å²) in [6.45, 7) is 8.77. The lowest BCUT2D eigenvalue weighted by molar-refractivity contribution is -0.0446. The van der Waals surface area contributed by atoms with Crippen LogP contribution in [0.25, 0.3) is 0 Å². The van der Waals surface area contributed by atoms with Crippen LogP contribution >= 0.6 is 15.9 Å². The highest BCUT2D eigenvalue weighted by Crippen LogP contribution is 2.19. The van der Waals surface area contributed by atoms with Crippen molar-refractivity contribution in [3.63, 3.8) is 0 Å². The van der Waals surface area contributed by atoms with Crippen molar-refractivity contribution in [3.05, 3.63) is 34.1 Å². The summed E-state index contributed by atoms with van der Waals surface area (Å²) in [5.41, 5.74) is 0.729. The molecule has 0 amide bonds. The van der Waals surface area contributed by atoms with Crippen molar-refractivity contribution >= 4 is 15.9 Å². The summed E-state index contributed by atoms with van der Waals surface area (Å²) < 4.78 is 20.8. The molecule has 2 unspecified atom stereocenters. The molecule has 1 saturated heterocycles. The number of benzene rings is 1. The van der Waals surface area contributed by atoms with Gasteiger partial charge in [-0.05, 0) is 43.3 Å². The summed E-state index contributed by atoms with van der Waals surface area (Å²) in [5.74, 6) is -0.149. The molecule has 1 fully saturated rings. The fourth-order valence-electron chi connectivity index (χ4n) is 2.80. The Morgan fingerprint density at radius 2 is 2.29 bits per heavy atom. The van der Waals surface area contributed by atoms with Gasteiger partial charge in [-0.15, -0.1) is 0 Å². The third-order valence-electron chi connectivity index (χ3n) is 3.99. The zero-order chi connectivity index (χ0) is 15.2. The molecule has 0 aliphatic carbocycles. The van der Waals surface area contributed by atoms with Crippen LogP contribution in [0.1, 0.15) is 19.4 Å². The number of likely N-dealkylation sites (N-methyl/N-ethyl adjacent to an activating group) is 2. The lowest BCUT2D eigenvalue weighted by Gasteiger charge is -2.37. The lowest BCUT2D eigenvalue weighted by Crippen LogP contribution is -2.53. The second-order valence-corrected chi connectivity index (χ2v) is 6.32. The summed E-state index contributed by atoms with van der Waals surface area (Å²) in [6, 6.07) is 5.24. The summed E-state index contributed by atoms with van der Waals surface area (Å²) in [6.07, 6.45) is 0.749. The number of halogens is 2. The predicted octanol–water partition coefficient (Wildman–Crippen LogP) is 2.83. The van der Waals surface area contributed by atoms with Crippen LogP contribution in [0.15, 0.2) is 22.7 Å². The summed E-state index contributed by atoms with van der Waals surface area (Å²) in [7, 11) is 0. The van der Waals surface area contributed by atoms with Gasteiger partial charge in [0.1, 0.15) is 5.82 Å². The number of hydrogen-bond donors (Lipinski definition) is 1. The summed E-state index contributed by atoms with van der Waals surface area (Å²) in [4.78, 5) is 2.38. The van der Waals surface area contributed by atoms with E-state index in [1.54, 1.807) is 6.07 Å². The SMILES string of the molecule is CCNC(Cc1cc(Br)ccc1F)C1CN(CC)CCO1. The molecule has 118 valence electrons. The molecule has 3 nitrogen and oxygen atoms in total. The molecule has 2 rings (SSSR count). The van der Waals surface area contributed by atoms with Gasteiger partial charge in [0, 0.05) is 23.6 Å². The van der Waals surface area contributed by atoms with E-state index in [1.165, 1.54) is 6.07 Å². The average Bonchev–Trinajstić information content (AvgIpc) is 2.50. The fourth-order valence-corrected chi connectivity index (χ4v) is 3.20. The van der Waals surface area contributed by atoms with Crippen molar-refractivity contribution in [2.75, 3.05) is 32.8 Å². The number of nitrogens with zero attached hydrogens (tertiary/aromatic N) is 1. The molecule has 21 heavy (non-hydrogen) atoms. The molecule has 1 aliphatic heterocycles. The molecular formula is C16H24BrFN2O. The van der Waals surface area contributed by atoms with E-state index in [-0.39, 0.29) is 18.0 Å². The molecule has 1 heterocycles. The Hall–Kier alpha value is -0.490. The molecule has 1 aliphatic rings. The standard InChI is InChI=1S/C16H24BrFN2O/c1-3-19-15(16-11-20(4-2)7-8-21-16)10-12-9-13(17)5-6-14(12)18/h5-6,9,15-16,19H,3-4,7-8,10-11H2,1-2H3. The molecule has 0 radical (unpaired) electrons. The highest BCUT2D eigenvalue weighted by molar-refractivity contribution is 9.10. The quantitative estimate of drug-likeness (QED) is 0.846. The van der Waals surface area contributed by atoms with E-state index in [1.807, 2.05) is 6.07 Å². The van der Waals surface area contributed by atoms with Crippen LogP contribution < -0.4 is 5.32 Å². The van der Waals surface area contributed by atoms with Crippen LogP contribution in [0.3, 0.4) is 0 Å². The third-order valence-corrected chi connectivity index (χ3v) is 4.48. The van der Waals surface area contributed by atoms with Gasteiger partial charge in [-0.1, -0.05) is 29.8 Å². The molecule has 0 bridgehead atoms. The van der Waals surface area contributed by atoms with Gasteiger partial charge >= 0.3 is 0 Å². The van der Waals surface area contributed by atoms with Gasteiger partial charge in [0.05, 0.1) is 12.7 Å². The largest absolute Gasteiger partial charge is 0.374 e. The van der Waals surface area contributed by atoms with Crippen LogP contribution in [0.5, 0.6) is 0 Å². The minimum absolute atomic E-state index is 0.108. The Kier molecular flexibility index (Phi) is 6.61. The highest BCUT2D eigenvalue weighted by Gasteiger charge is 2.27. The first-order valence-electron chi connectivity index (χ1n) is 7.65. The third kappa shape index (κ3) is 4.74. The number of ether oxygens (including phenoxy) is 1. The second-order valence-electron chi connectivity index (χ2n) is 5.41. The molecule has 1 N–H and O–H groups in total. The van der Waals surface area contributed by atoms with E-state index in [2.05, 4.69) is 40.0 Å². The van der Waals surface area contributed by atoms with Crippen molar-refractivity contribution in [1.82, 2.24) is 10.2 Å². The molecule has 5 heteroatoms. The maximum Gasteiger partial charge on any atom is 0.126 e. The van der Waals surface area contributed by atoms with Gasteiger partial charge < -0.3 is 10.1 Å². The normalized spacial score (nSPS) is 21.4. The first-order chi connectivity index (χ1) is 10.1. The molecule has 1 aromatic carbocycles. The zero-order valence-corrected chi connectivity index (χ0v) is 14.3. The highest BCUT2D eigenvalue weighted by atomic mass is 79.9. The Morgan fingerprint density at radius 3 is 3.00 bits per heavy atom. The Morgan fingerprint density at radius 1 is 1.48 bits per heavy atom. The fraction of sp³-hybridized carbons (Fsp3) is 0.625. The smallest absolute Gasteiger partial charge is 0.126 e. The van der Waals surface area contributed by atoms with Crippen molar-refractivity contribution in [2.45, 2.75) is 32.4 Å². The van der Waals surface area contributed by atoms with E-state index < -0.39 is 0 Å². The Labute approximate surface area is 135 Å². The first-order valence-corrected chi connectivity index (χ1v) is 8.44. The number of rotatable bonds is 6. The van der Waals surface area contributed by atoms with Crippen LogP contribution in [-0.2, 0) is 11.2 Å². The van der Waals surface area contributed by atoms with Crippen molar-refractivity contribution in [2.24, 2.45) is 0 Å². The van der Waals surface area contributed by atoms with E-state index in [4.69, 9.17) is 4.74 Å². The average molecular weight is 359 g/mol. The summed E-state index contributed by atoms with van der Waals surface area (Å²) in [5, 5.41) is 3.46. The van der Waals surface area contributed by atoms with Gasteiger partial charge in [-0.3, -0.25) is 4.90 Å². The van der Waals surface area contributed by atoms with Gasteiger partial charge in [0.15, 0.2) is 0 Å². The predicted molar refractivity (Wildman–Crippen MR) is 87.1 cm³/mol. The molecular weight excluding hydrogens is 335 g/mol. The topological polar surface area (TPSA) is 24.5 Å². The number of hydrogen-bond acceptors (Lipinski definition) is 3.